The second kappa shape index (κ2) is 5.43. The number of rotatable bonds is 4. The van der Waals surface area contributed by atoms with Crippen LogP contribution in [0, 0.1) is 0 Å². The Kier molecular flexibility index (Phi) is 3.66. The van der Waals surface area contributed by atoms with Gasteiger partial charge in [-0.25, -0.2) is 5.43 Å². The fraction of sp³-hybridized carbons (Fsp3) is 0.200. The number of aryl methyl sites for hydroxylation is 1. The molecule has 0 amide bonds. The molecule has 0 saturated carbocycles. The minimum Gasteiger partial charge on any atom is -0.271 e. The molecule has 3 rings (SSSR count). The van der Waals surface area contributed by atoms with Gasteiger partial charge in [-0.3, -0.25) is 5.84 Å². The van der Waals surface area contributed by atoms with Gasteiger partial charge in [0, 0.05) is 14.3 Å². The Morgan fingerprint density at radius 2 is 2.11 bits per heavy atom. The summed E-state index contributed by atoms with van der Waals surface area (Å²) in [5.41, 5.74) is 5.53. The average molecular weight is 288 g/mol. The first kappa shape index (κ1) is 12.8. The van der Waals surface area contributed by atoms with E-state index in [4.69, 9.17) is 5.84 Å². The maximum Gasteiger partial charge on any atom is 0.0803 e. The van der Waals surface area contributed by atoms with Crippen LogP contribution < -0.4 is 11.3 Å². The molecule has 0 fully saturated rings. The highest BCUT2D eigenvalue weighted by Crippen LogP contribution is 2.35. The molecule has 1 unspecified atom stereocenters. The molecule has 0 saturated heterocycles. The van der Waals surface area contributed by atoms with Gasteiger partial charge in [0.2, 0.25) is 0 Å². The molecular weight excluding hydrogens is 272 g/mol. The molecule has 0 aliphatic heterocycles. The zero-order chi connectivity index (χ0) is 13.2. The van der Waals surface area contributed by atoms with E-state index in [2.05, 4.69) is 54.1 Å². The smallest absolute Gasteiger partial charge is 0.0803 e. The molecule has 2 nitrogen and oxygen atoms in total. The second-order valence-electron chi connectivity index (χ2n) is 4.50. The third kappa shape index (κ3) is 2.44. The van der Waals surface area contributed by atoms with Gasteiger partial charge < -0.3 is 0 Å². The van der Waals surface area contributed by atoms with E-state index < -0.39 is 0 Å². The normalized spacial score (nSPS) is 12.9. The summed E-state index contributed by atoms with van der Waals surface area (Å²) < 4.78 is 2.68. The quantitative estimate of drug-likeness (QED) is 0.561. The maximum absolute atomic E-state index is 5.78. The van der Waals surface area contributed by atoms with Crippen molar-refractivity contribution in [3.05, 3.63) is 57.8 Å². The molecule has 1 atom stereocenters. The van der Waals surface area contributed by atoms with Gasteiger partial charge in [-0.2, -0.15) is 0 Å². The highest BCUT2D eigenvalue weighted by atomic mass is 32.1. The van der Waals surface area contributed by atoms with E-state index in [9.17, 15) is 0 Å². The van der Waals surface area contributed by atoms with Crippen LogP contribution >= 0.6 is 22.7 Å². The molecule has 0 bridgehead atoms. The maximum atomic E-state index is 5.78. The zero-order valence-electron chi connectivity index (χ0n) is 10.7. The lowest BCUT2D eigenvalue weighted by molar-refractivity contribution is 0.646. The van der Waals surface area contributed by atoms with Crippen molar-refractivity contribution in [2.75, 3.05) is 0 Å². The fourth-order valence-electron chi connectivity index (χ4n) is 2.26. The Morgan fingerprint density at radius 1 is 1.21 bits per heavy atom. The predicted molar refractivity (Wildman–Crippen MR) is 84.7 cm³/mol. The lowest BCUT2D eigenvalue weighted by Crippen LogP contribution is -2.28. The lowest BCUT2D eigenvalue weighted by atomic mass is 10.0. The molecule has 4 heteroatoms. The van der Waals surface area contributed by atoms with E-state index in [1.54, 1.807) is 11.3 Å². The van der Waals surface area contributed by atoms with Crippen molar-refractivity contribution in [1.82, 2.24) is 5.43 Å². The topological polar surface area (TPSA) is 38.0 Å². The summed E-state index contributed by atoms with van der Waals surface area (Å²) in [5, 5.41) is 2.13. The summed E-state index contributed by atoms with van der Waals surface area (Å²) in [6.45, 7) is 2.17. The molecule has 3 N–H and O–H groups in total. The SMILES string of the molecule is CCc1cccc(C(NN)c2cc3sccc3s2)c1. The van der Waals surface area contributed by atoms with Crippen molar-refractivity contribution in [3.63, 3.8) is 0 Å². The van der Waals surface area contributed by atoms with E-state index in [1.165, 1.54) is 25.4 Å². The molecule has 19 heavy (non-hydrogen) atoms. The number of hydrogen-bond donors (Lipinski definition) is 2. The number of hydrazine groups is 1. The summed E-state index contributed by atoms with van der Waals surface area (Å²) >= 11 is 3.59. The predicted octanol–water partition coefficient (Wildman–Crippen LogP) is 4.08. The van der Waals surface area contributed by atoms with Gasteiger partial charge in [0.05, 0.1) is 6.04 Å². The average Bonchev–Trinajstić information content (AvgIpc) is 3.01. The number of benzene rings is 1. The first-order valence-electron chi connectivity index (χ1n) is 6.33. The van der Waals surface area contributed by atoms with Crippen LogP contribution in [0.4, 0.5) is 0 Å². The Labute approximate surface area is 120 Å². The van der Waals surface area contributed by atoms with E-state index >= 15 is 0 Å². The Hall–Kier alpha value is -1.20. The van der Waals surface area contributed by atoms with Crippen LogP contribution in [-0.2, 0) is 6.42 Å². The van der Waals surface area contributed by atoms with Crippen molar-refractivity contribution in [2.24, 2.45) is 5.84 Å². The van der Waals surface area contributed by atoms with Crippen molar-refractivity contribution in [1.29, 1.82) is 0 Å². The summed E-state index contributed by atoms with van der Waals surface area (Å²) in [6, 6.07) is 13.1. The van der Waals surface area contributed by atoms with Crippen LogP contribution in [0.5, 0.6) is 0 Å². The van der Waals surface area contributed by atoms with Gasteiger partial charge in [-0.1, -0.05) is 31.2 Å². The Morgan fingerprint density at radius 3 is 2.84 bits per heavy atom. The Bertz CT molecular complexity index is 656. The second-order valence-corrected chi connectivity index (χ2v) is 6.56. The molecule has 2 aromatic heterocycles. The summed E-state index contributed by atoms with van der Waals surface area (Å²) in [6.07, 6.45) is 1.05. The van der Waals surface area contributed by atoms with Crippen LogP contribution in [0.3, 0.4) is 0 Å². The van der Waals surface area contributed by atoms with E-state index in [-0.39, 0.29) is 6.04 Å². The monoisotopic (exact) mass is 288 g/mol. The van der Waals surface area contributed by atoms with Gasteiger partial charge in [-0.05, 0) is 35.1 Å². The molecule has 98 valence electrons. The third-order valence-electron chi connectivity index (χ3n) is 3.30. The summed E-state index contributed by atoms with van der Waals surface area (Å²) in [5.74, 6) is 5.78. The number of nitrogens with two attached hydrogens (primary N) is 1. The minimum atomic E-state index is 0.0797. The van der Waals surface area contributed by atoms with Crippen molar-refractivity contribution in [3.8, 4) is 0 Å². The van der Waals surface area contributed by atoms with E-state index in [0.29, 0.717) is 0 Å². The van der Waals surface area contributed by atoms with Gasteiger partial charge in [-0.15, -0.1) is 22.7 Å². The summed E-state index contributed by atoms with van der Waals surface area (Å²) in [7, 11) is 0. The van der Waals surface area contributed by atoms with Gasteiger partial charge in [0.1, 0.15) is 0 Å². The van der Waals surface area contributed by atoms with Gasteiger partial charge in [0.15, 0.2) is 0 Å². The van der Waals surface area contributed by atoms with Crippen LogP contribution in [0.2, 0.25) is 0 Å². The highest BCUT2D eigenvalue weighted by Gasteiger charge is 2.16. The summed E-state index contributed by atoms with van der Waals surface area (Å²) in [4.78, 5) is 1.28. The van der Waals surface area contributed by atoms with E-state index in [0.717, 1.165) is 6.42 Å². The van der Waals surface area contributed by atoms with Crippen LogP contribution in [0.25, 0.3) is 9.40 Å². The number of nitrogens with one attached hydrogen (secondary N) is 1. The molecule has 0 aliphatic carbocycles. The minimum absolute atomic E-state index is 0.0797. The molecular formula is C15H16N2S2. The van der Waals surface area contributed by atoms with Crippen molar-refractivity contribution in [2.45, 2.75) is 19.4 Å². The van der Waals surface area contributed by atoms with Crippen LogP contribution in [0.1, 0.15) is 29.0 Å². The van der Waals surface area contributed by atoms with Crippen molar-refractivity contribution < 1.29 is 0 Å². The molecule has 3 aromatic rings. The first-order chi connectivity index (χ1) is 9.31. The van der Waals surface area contributed by atoms with Crippen LogP contribution in [0.15, 0.2) is 41.8 Å². The molecule has 0 aliphatic rings. The number of thiophene rings is 2. The van der Waals surface area contributed by atoms with Gasteiger partial charge in [0.25, 0.3) is 0 Å². The molecule has 2 heterocycles. The highest BCUT2D eigenvalue weighted by molar-refractivity contribution is 7.27. The number of hydrogen-bond acceptors (Lipinski definition) is 4. The van der Waals surface area contributed by atoms with Gasteiger partial charge >= 0.3 is 0 Å². The van der Waals surface area contributed by atoms with Crippen molar-refractivity contribution >= 4 is 32.1 Å². The lowest BCUT2D eigenvalue weighted by Gasteiger charge is -2.15. The molecule has 0 spiro atoms. The number of fused-ring (bicyclic) bond motifs is 1. The van der Waals surface area contributed by atoms with E-state index in [1.807, 2.05) is 11.3 Å². The molecule has 1 aromatic carbocycles. The standard InChI is InChI=1S/C15H16N2S2/c1-2-10-4-3-5-11(8-10)15(17-16)14-9-13-12(19-14)6-7-18-13/h3-9,15,17H,2,16H2,1H3. The first-order valence-corrected chi connectivity index (χ1v) is 8.03. The largest absolute Gasteiger partial charge is 0.271 e. The zero-order valence-corrected chi connectivity index (χ0v) is 12.4. The molecule has 0 radical (unpaired) electrons. The fourth-order valence-corrected chi connectivity index (χ4v) is 4.47. The Balaban J connectivity index is 2.01. The third-order valence-corrected chi connectivity index (χ3v) is 5.46. The van der Waals surface area contributed by atoms with Crippen LogP contribution in [-0.4, -0.2) is 0 Å².